The second kappa shape index (κ2) is 11.0. The van der Waals surface area contributed by atoms with Gasteiger partial charge in [-0.15, -0.1) is 0 Å². The lowest BCUT2D eigenvalue weighted by Gasteiger charge is -2.28. The molecule has 1 aliphatic carbocycles. The normalized spacial score (nSPS) is 20.7. The number of imide groups is 1. The first-order valence-electron chi connectivity index (χ1n) is 12.3. The van der Waals surface area contributed by atoms with Crippen LogP contribution in [0.15, 0.2) is 72.8 Å². The summed E-state index contributed by atoms with van der Waals surface area (Å²) < 4.78 is 5.10. The Morgan fingerprint density at radius 2 is 1.58 bits per heavy atom. The third-order valence-electron chi connectivity index (χ3n) is 7.12. The molecule has 1 aliphatic heterocycles. The highest BCUT2D eigenvalue weighted by atomic mass is 35.5. The smallest absolute Gasteiger partial charge is 0.338 e. The van der Waals surface area contributed by atoms with Crippen molar-refractivity contribution in [2.75, 3.05) is 16.8 Å². The van der Waals surface area contributed by atoms with E-state index in [0.29, 0.717) is 24.2 Å². The number of hydrogen-bond acceptors (Lipinski definition) is 5. The van der Waals surface area contributed by atoms with Gasteiger partial charge >= 0.3 is 5.97 Å². The zero-order valence-corrected chi connectivity index (χ0v) is 21.7. The van der Waals surface area contributed by atoms with E-state index in [1.54, 1.807) is 30.3 Å². The second-order valence-corrected chi connectivity index (χ2v) is 10.2. The Kier molecular flexibility index (Phi) is 7.49. The molecule has 38 heavy (non-hydrogen) atoms. The Labute approximate surface area is 229 Å². The molecule has 5 rings (SSSR count). The summed E-state index contributed by atoms with van der Waals surface area (Å²) in [6, 6.07) is 20.9. The van der Waals surface area contributed by atoms with Gasteiger partial charge in [0.25, 0.3) is 5.91 Å². The number of carbonyl (C=O) groups is 4. The monoisotopic (exact) mass is 550 g/mol. The molecule has 0 spiro atoms. The van der Waals surface area contributed by atoms with Gasteiger partial charge in [-0.1, -0.05) is 59.6 Å². The summed E-state index contributed by atoms with van der Waals surface area (Å²) in [6.45, 7) is -0.529. The lowest BCUT2D eigenvalue weighted by Crippen LogP contribution is -2.30. The highest BCUT2D eigenvalue weighted by Gasteiger charge is 2.50. The molecule has 0 bridgehead atoms. The Bertz CT molecular complexity index is 1390. The van der Waals surface area contributed by atoms with Crippen LogP contribution < -0.4 is 10.2 Å². The fourth-order valence-electron chi connectivity index (χ4n) is 5.21. The number of halogens is 2. The van der Waals surface area contributed by atoms with Crippen LogP contribution in [0.4, 0.5) is 11.4 Å². The third kappa shape index (κ3) is 5.17. The van der Waals surface area contributed by atoms with Gasteiger partial charge in [0, 0.05) is 0 Å². The molecule has 194 valence electrons. The molecule has 1 N–H and O–H groups in total. The predicted molar refractivity (Wildman–Crippen MR) is 144 cm³/mol. The van der Waals surface area contributed by atoms with Crippen molar-refractivity contribution in [3.63, 3.8) is 0 Å². The predicted octanol–water partition coefficient (Wildman–Crippen LogP) is 5.86. The molecule has 3 aromatic carbocycles. The van der Waals surface area contributed by atoms with Crippen LogP contribution >= 0.6 is 23.2 Å². The summed E-state index contributed by atoms with van der Waals surface area (Å²) in [5, 5.41) is 3.01. The topological polar surface area (TPSA) is 92.8 Å². The van der Waals surface area contributed by atoms with Gasteiger partial charge in [-0.2, -0.15) is 0 Å². The van der Waals surface area contributed by atoms with Gasteiger partial charge in [0.05, 0.1) is 38.8 Å². The zero-order valence-electron chi connectivity index (χ0n) is 20.2. The molecule has 9 heteroatoms. The number of ether oxygens (including phenoxy) is 1. The largest absolute Gasteiger partial charge is 0.452 e. The number of nitrogens with zero attached hydrogens (tertiary/aromatic N) is 1. The first kappa shape index (κ1) is 25.9. The number of nitrogens with one attached hydrogen (secondary N) is 1. The first-order chi connectivity index (χ1) is 18.3. The van der Waals surface area contributed by atoms with Crippen molar-refractivity contribution in [3.05, 3.63) is 94.0 Å². The Hall–Kier alpha value is -3.68. The van der Waals surface area contributed by atoms with Crippen molar-refractivity contribution in [1.29, 1.82) is 0 Å². The third-order valence-corrected chi connectivity index (χ3v) is 7.94. The average Bonchev–Trinajstić information content (AvgIpc) is 3.19. The van der Waals surface area contributed by atoms with Crippen molar-refractivity contribution in [3.8, 4) is 0 Å². The summed E-state index contributed by atoms with van der Waals surface area (Å²) >= 11 is 12.0. The zero-order chi connectivity index (χ0) is 26.8. The Morgan fingerprint density at radius 1 is 0.868 bits per heavy atom. The second-order valence-electron chi connectivity index (χ2n) is 9.42. The van der Waals surface area contributed by atoms with E-state index in [1.165, 1.54) is 22.6 Å². The minimum atomic E-state index is -0.720. The maximum Gasteiger partial charge on any atom is 0.338 e. The number of amides is 3. The number of benzene rings is 3. The van der Waals surface area contributed by atoms with Crippen LogP contribution in [0.1, 0.15) is 41.1 Å². The lowest BCUT2D eigenvalue weighted by atomic mass is 9.73. The average molecular weight is 551 g/mol. The maximum atomic E-state index is 13.3. The number of carbonyl (C=O) groups excluding carboxylic acids is 4. The van der Waals surface area contributed by atoms with E-state index in [-0.39, 0.29) is 45.2 Å². The van der Waals surface area contributed by atoms with Gasteiger partial charge in [0.15, 0.2) is 6.61 Å². The van der Waals surface area contributed by atoms with Gasteiger partial charge in [-0.05, 0) is 67.1 Å². The van der Waals surface area contributed by atoms with Crippen molar-refractivity contribution in [1.82, 2.24) is 0 Å². The number of anilines is 2. The first-order valence-corrected chi connectivity index (χ1v) is 13.0. The lowest BCUT2D eigenvalue weighted by molar-refractivity contribution is -0.122. The highest BCUT2D eigenvalue weighted by molar-refractivity contribution is 6.44. The van der Waals surface area contributed by atoms with Gasteiger partial charge in [-0.25, -0.2) is 4.79 Å². The molecule has 0 aromatic heterocycles. The van der Waals surface area contributed by atoms with E-state index < -0.39 is 18.5 Å². The summed E-state index contributed by atoms with van der Waals surface area (Å²) in [6.07, 6.45) is 2.17. The van der Waals surface area contributed by atoms with E-state index >= 15 is 0 Å². The molecule has 3 atom stereocenters. The van der Waals surface area contributed by atoms with Crippen molar-refractivity contribution >= 4 is 58.3 Å². The number of esters is 1. The van der Waals surface area contributed by atoms with Crippen LogP contribution in [0.3, 0.4) is 0 Å². The molecular formula is C29H24Cl2N2O5. The van der Waals surface area contributed by atoms with Gasteiger partial charge in [0.2, 0.25) is 11.8 Å². The summed E-state index contributed by atoms with van der Waals surface area (Å²) in [5.74, 6) is -2.12. The Morgan fingerprint density at radius 3 is 2.32 bits per heavy atom. The standard InChI is InChI=1S/C29H24Cl2N2O5/c30-23-7-4-8-24(26(23)31)32-25(34)16-38-29(37)18-9-12-20(13-10-18)33-27(35)21-14-11-19(15-22(21)28(33)36)17-5-2-1-3-6-17/h1-10,12-13,19,21-22H,11,14-16H2,(H,32,34)/t19-,21-,22-/m1/s1. The molecule has 0 unspecified atom stereocenters. The van der Waals surface area contributed by atoms with E-state index in [4.69, 9.17) is 27.9 Å². The molecule has 2 aliphatic rings. The van der Waals surface area contributed by atoms with Crippen LogP contribution in [0.5, 0.6) is 0 Å². The van der Waals surface area contributed by atoms with Crippen molar-refractivity contribution < 1.29 is 23.9 Å². The maximum absolute atomic E-state index is 13.3. The number of hydrogen-bond donors (Lipinski definition) is 1. The van der Waals surface area contributed by atoms with E-state index in [2.05, 4.69) is 17.4 Å². The minimum Gasteiger partial charge on any atom is -0.452 e. The fourth-order valence-corrected chi connectivity index (χ4v) is 5.56. The SMILES string of the molecule is O=C(COC(=O)c1ccc(N2C(=O)[C@@H]3CC[C@@H](c4ccccc4)C[C@H]3C2=O)cc1)Nc1cccc(Cl)c1Cl. The molecular weight excluding hydrogens is 527 g/mol. The van der Waals surface area contributed by atoms with Gasteiger partial charge < -0.3 is 10.1 Å². The molecule has 3 amide bonds. The number of rotatable bonds is 6. The number of fused-ring (bicyclic) bond motifs is 1. The van der Waals surface area contributed by atoms with Crippen LogP contribution in [0.2, 0.25) is 10.0 Å². The van der Waals surface area contributed by atoms with Crippen molar-refractivity contribution in [2.45, 2.75) is 25.2 Å². The van der Waals surface area contributed by atoms with E-state index in [9.17, 15) is 19.2 Å². The summed E-state index contributed by atoms with van der Waals surface area (Å²) in [5.41, 5.74) is 2.09. The van der Waals surface area contributed by atoms with Gasteiger partial charge in [-0.3, -0.25) is 19.3 Å². The molecule has 1 saturated heterocycles. The molecule has 2 fully saturated rings. The highest BCUT2D eigenvalue weighted by Crippen LogP contribution is 2.45. The van der Waals surface area contributed by atoms with E-state index in [0.717, 1.165) is 6.42 Å². The summed E-state index contributed by atoms with van der Waals surface area (Å²) in [7, 11) is 0. The van der Waals surface area contributed by atoms with Crippen LogP contribution in [-0.2, 0) is 19.1 Å². The Balaban J connectivity index is 1.20. The minimum absolute atomic E-state index is 0.183. The van der Waals surface area contributed by atoms with Crippen LogP contribution in [0, 0.1) is 11.8 Å². The van der Waals surface area contributed by atoms with Crippen LogP contribution in [0.25, 0.3) is 0 Å². The van der Waals surface area contributed by atoms with Crippen LogP contribution in [-0.4, -0.2) is 30.3 Å². The van der Waals surface area contributed by atoms with E-state index in [1.807, 2.05) is 18.2 Å². The van der Waals surface area contributed by atoms with Crippen molar-refractivity contribution in [2.24, 2.45) is 11.8 Å². The quantitative estimate of drug-likeness (QED) is 0.306. The molecule has 0 radical (unpaired) electrons. The fraction of sp³-hybridized carbons (Fsp3) is 0.241. The van der Waals surface area contributed by atoms with Gasteiger partial charge in [0.1, 0.15) is 0 Å². The summed E-state index contributed by atoms with van der Waals surface area (Å²) in [4.78, 5) is 52.3. The molecule has 1 saturated carbocycles. The molecule has 3 aromatic rings. The molecule has 1 heterocycles. The molecule has 7 nitrogen and oxygen atoms in total.